The van der Waals surface area contributed by atoms with Gasteiger partial charge in [0.25, 0.3) is 0 Å². The highest BCUT2D eigenvalue weighted by Gasteiger charge is 2.15. The van der Waals surface area contributed by atoms with Crippen LogP contribution in [0.1, 0.15) is 33.6 Å². The van der Waals surface area contributed by atoms with E-state index in [-0.39, 0.29) is 11.6 Å². The van der Waals surface area contributed by atoms with E-state index in [9.17, 15) is 4.79 Å². The summed E-state index contributed by atoms with van der Waals surface area (Å²) in [6.07, 6.45) is 2.23. The number of amides is 1. The van der Waals surface area contributed by atoms with E-state index >= 15 is 0 Å². The van der Waals surface area contributed by atoms with Crippen LogP contribution in [0.25, 0.3) is 0 Å². The van der Waals surface area contributed by atoms with Gasteiger partial charge in [0.15, 0.2) is 0 Å². The van der Waals surface area contributed by atoms with Crippen molar-refractivity contribution in [2.24, 2.45) is 0 Å². The van der Waals surface area contributed by atoms with Gasteiger partial charge in [-0.3, -0.25) is 4.90 Å². The average molecular weight is 214 g/mol. The lowest BCUT2D eigenvalue weighted by molar-refractivity contribution is 0.125. The lowest BCUT2D eigenvalue weighted by atomic mass is 10.1. The molecular weight excluding hydrogens is 192 g/mol. The Bertz CT molecular complexity index is 205. The van der Waals surface area contributed by atoms with Crippen molar-refractivity contribution < 1.29 is 9.53 Å². The van der Waals surface area contributed by atoms with Crippen LogP contribution >= 0.6 is 0 Å². The van der Waals surface area contributed by atoms with Crippen LogP contribution < -0.4 is 5.32 Å². The molecule has 1 amide bonds. The zero-order valence-electron chi connectivity index (χ0n) is 10.0. The Morgan fingerprint density at radius 2 is 1.93 bits per heavy atom. The monoisotopic (exact) mass is 214 g/mol. The van der Waals surface area contributed by atoms with Crippen LogP contribution in [0.15, 0.2) is 0 Å². The third-order valence-electron chi connectivity index (χ3n) is 2.32. The molecule has 88 valence electrons. The molecule has 0 aromatic carbocycles. The molecule has 1 aliphatic heterocycles. The van der Waals surface area contributed by atoms with Crippen molar-refractivity contribution in [2.75, 3.05) is 26.2 Å². The Kier molecular flexibility index (Phi) is 4.39. The van der Waals surface area contributed by atoms with Crippen LogP contribution in [0.3, 0.4) is 0 Å². The highest BCUT2D eigenvalue weighted by atomic mass is 16.5. The summed E-state index contributed by atoms with van der Waals surface area (Å²) in [5.41, 5.74) is -0.218. The van der Waals surface area contributed by atoms with Gasteiger partial charge in [0.05, 0.1) is 0 Å². The van der Waals surface area contributed by atoms with Gasteiger partial charge in [-0.15, -0.1) is 0 Å². The molecule has 15 heavy (non-hydrogen) atoms. The fourth-order valence-corrected chi connectivity index (χ4v) is 1.62. The standard InChI is InChI=1S/C11H22N2O2/c1-11(2,3)12-10(14)15-9-8-13-6-4-5-7-13/h4-9H2,1-3H3,(H,12,14). The van der Waals surface area contributed by atoms with E-state index in [2.05, 4.69) is 10.2 Å². The normalized spacial score (nSPS) is 17.8. The number of hydrogen-bond donors (Lipinski definition) is 1. The molecule has 4 heteroatoms. The number of alkyl carbamates (subject to hydrolysis) is 1. The van der Waals surface area contributed by atoms with Crippen molar-refractivity contribution in [3.8, 4) is 0 Å². The van der Waals surface area contributed by atoms with Gasteiger partial charge in [0.2, 0.25) is 0 Å². The molecular formula is C11H22N2O2. The second kappa shape index (κ2) is 5.35. The molecule has 0 saturated carbocycles. The number of carbonyl (C=O) groups excluding carboxylic acids is 1. The average Bonchev–Trinajstić information content (AvgIpc) is 2.53. The molecule has 0 unspecified atom stereocenters. The molecule has 0 aromatic heterocycles. The van der Waals surface area contributed by atoms with Gasteiger partial charge < -0.3 is 10.1 Å². The quantitative estimate of drug-likeness (QED) is 0.776. The number of nitrogens with one attached hydrogen (secondary N) is 1. The van der Waals surface area contributed by atoms with Gasteiger partial charge in [0.1, 0.15) is 6.61 Å². The molecule has 1 N–H and O–H groups in total. The van der Waals surface area contributed by atoms with Crippen LogP contribution in [0.5, 0.6) is 0 Å². The first-order valence-corrected chi connectivity index (χ1v) is 5.65. The smallest absolute Gasteiger partial charge is 0.407 e. The Labute approximate surface area is 92.0 Å². The molecule has 4 nitrogen and oxygen atoms in total. The summed E-state index contributed by atoms with van der Waals surface area (Å²) < 4.78 is 5.09. The summed E-state index contributed by atoms with van der Waals surface area (Å²) in [4.78, 5) is 13.6. The number of carbonyl (C=O) groups is 1. The zero-order chi connectivity index (χ0) is 11.3. The van der Waals surface area contributed by atoms with E-state index in [1.54, 1.807) is 0 Å². The maximum absolute atomic E-state index is 11.3. The predicted molar refractivity (Wildman–Crippen MR) is 59.9 cm³/mol. The summed E-state index contributed by atoms with van der Waals surface area (Å²) in [7, 11) is 0. The van der Waals surface area contributed by atoms with Crippen LogP contribution in [0, 0.1) is 0 Å². The fraction of sp³-hybridized carbons (Fsp3) is 0.909. The lowest BCUT2D eigenvalue weighted by Crippen LogP contribution is -2.41. The largest absolute Gasteiger partial charge is 0.448 e. The highest BCUT2D eigenvalue weighted by molar-refractivity contribution is 5.68. The van der Waals surface area contributed by atoms with Crippen LogP contribution in [0.4, 0.5) is 4.79 Å². The molecule has 1 saturated heterocycles. The topological polar surface area (TPSA) is 41.6 Å². The molecule has 1 heterocycles. The van der Waals surface area contributed by atoms with Gasteiger partial charge >= 0.3 is 6.09 Å². The fourth-order valence-electron chi connectivity index (χ4n) is 1.62. The summed E-state index contributed by atoms with van der Waals surface area (Å²) in [6, 6.07) is 0. The molecule has 1 fully saturated rings. The van der Waals surface area contributed by atoms with E-state index in [0.717, 1.165) is 19.6 Å². The van der Waals surface area contributed by atoms with Gasteiger partial charge in [-0.1, -0.05) is 0 Å². The van der Waals surface area contributed by atoms with Crippen molar-refractivity contribution in [3.05, 3.63) is 0 Å². The molecule has 0 aliphatic carbocycles. The number of hydrogen-bond acceptors (Lipinski definition) is 3. The summed E-state index contributed by atoms with van der Waals surface area (Å²) in [5, 5.41) is 2.76. The minimum absolute atomic E-state index is 0.218. The molecule has 0 spiro atoms. The summed E-state index contributed by atoms with van der Waals surface area (Å²) in [6.45, 7) is 9.45. The summed E-state index contributed by atoms with van der Waals surface area (Å²) in [5.74, 6) is 0. The number of nitrogens with zero attached hydrogens (tertiary/aromatic N) is 1. The molecule has 0 radical (unpaired) electrons. The number of rotatable bonds is 3. The molecule has 0 atom stereocenters. The van der Waals surface area contributed by atoms with Crippen LogP contribution in [-0.2, 0) is 4.74 Å². The SMILES string of the molecule is CC(C)(C)NC(=O)OCCN1CCCC1. The maximum atomic E-state index is 11.3. The first-order chi connectivity index (χ1) is 6.97. The van der Waals surface area contributed by atoms with Gasteiger partial charge in [0, 0.05) is 12.1 Å². The van der Waals surface area contributed by atoms with Crippen LogP contribution in [-0.4, -0.2) is 42.8 Å². The first kappa shape index (κ1) is 12.3. The molecule has 1 aliphatic rings. The van der Waals surface area contributed by atoms with Gasteiger partial charge in [-0.2, -0.15) is 0 Å². The number of likely N-dealkylation sites (tertiary alicyclic amines) is 1. The van der Waals surface area contributed by atoms with E-state index in [1.807, 2.05) is 20.8 Å². The second-order valence-corrected chi connectivity index (χ2v) is 5.06. The Morgan fingerprint density at radius 1 is 1.33 bits per heavy atom. The van der Waals surface area contributed by atoms with Crippen molar-refractivity contribution in [1.82, 2.24) is 10.2 Å². The third kappa shape index (κ3) is 5.62. The lowest BCUT2D eigenvalue weighted by Gasteiger charge is -2.20. The van der Waals surface area contributed by atoms with E-state index in [1.165, 1.54) is 12.8 Å². The minimum atomic E-state index is -0.318. The minimum Gasteiger partial charge on any atom is -0.448 e. The van der Waals surface area contributed by atoms with Crippen molar-refractivity contribution in [1.29, 1.82) is 0 Å². The predicted octanol–water partition coefficient (Wildman–Crippen LogP) is 1.61. The van der Waals surface area contributed by atoms with Gasteiger partial charge in [-0.25, -0.2) is 4.79 Å². The first-order valence-electron chi connectivity index (χ1n) is 5.65. The Balaban J connectivity index is 2.06. The Morgan fingerprint density at radius 3 is 2.47 bits per heavy atom. The third-order valence-corrected chi connectivity index (χ3v) is 2.32. The Hall–Kier alpha value is -0.770. The van der Waals surface area contributed by atoms with Gasteiger partial charge in [-0.05, 0) is 46.7 Å². The number of ether oxygens (including phenoxy) is 1. The van der Waals surface area contributed by atoms with Crippen molar-refractivity contribution in [3.63, 3.8) is 0 Å². The van der Waals surface area contributed by atoms with Crippen molar-refractivity contribution >= 4 is 6.09 Å². The van der Waals surface area contributed by atoms with Crippen molar-refractivity contribution in [2.45, 2.75) is 39.2 Å². The molecule has 0 aromatic rings. The maximum Gasteiger partial charge on any atom is 0.407 e. The zero-order valence-corrected chi connectivity index (χ0v) is 10.0. The summed E-state index contributed by atoms with van der Waals surface area (Å²) >= 11 is 0. The molecule has 1 rings (SSSR count). The van der Waals surface area contributed by atoms with E-state index in [0.29, 0.717) is 6.61 Å². The highest BCUT2D eigenvalue weighted by Crippen LogP contribution is 2.06. The molecule has 0 bridgehead atoms. The van der Waals surface area contributed by atoms with E-state index in [4.69, 9.17) is 4.74 Å². The van der Waals surface area contributed by atoms with Crippen LogP contribution in [0.2, 0.25) is 0 Å². The second-order valence-electron chi connectivity index (χ2n) is 5.06. The van der Waals surface area contributed by atoms with E-state index < -0.39 is 0 Å².